The molecule has 1 saturated heterocycles. The van der Waals surface area contributed by atoms with Crippen LogP contribution >= 0.6 is 0 Å². The molecule has 1 saturated carbocycles. The van der Waals surface area contributed by atoms with Crippen LogP contribution in [0.15, 0.2) is 0 Å². The number of ether oxygens (including phenoxy) is 3. The Balaban J connectivity index is 2.23. The maximum Gasteiger partial charge on any atom is 0.306 e. The monoisotopic (exact) mass is 411 g/mol. The first kappa shape index (κ1) is 23.3. The Kier molecular flexibility index (Phi) is 8.10. The number of hydrogen-bond acceptors (Lipinski definition) is 12. The highest BCUT2D eigenvalue weighted by molar-refractivity contribution is 5.69. The predicted octanol–water partition coefficient (Wildman–Crippen LogP) is -4.69. The molecule has 2 fully saturated rings. The third kappa shape index (κ3) is 4.62. The normalized spacial score (nSPS) is 47.0. The van der Waals surface area contributed by atoms with Gasteiger partial charge >= 0.3 is 5.97 Å². The summed E-state index contributed by atoms with van der Waals surface area (Å²) in [6.07, 6.45) is -15.7. The molecule has 0 aromatic rings. The molecule has 9 N–H and O–H groups in total. The van der Waals surface area contributed by atoms with Crippen molar-refractivity contribution < 1.29 is 54.8 Å². The highest BCUT2D eigenvalue weighted by atomic mass is 16.7. The standard InChI is InChI=1S/C16H29NO11/c1-2-3-6(19)27-14-12(24)10(22)11(23)13(25)15(14)28-16-7(17)9(21)8(20)5(4-18)26-16/h5,7-16,18,20-25H,2-4,17H2,1H3/t5-,7-,8-,9-,10+,11-,12-,13-,14+,15+,16-/m1/s1. The van der Waals surface area contributed by atoms with Crippen LogP contribution in [0.2, 0.25) is 0 Å². The lowest BCUT2D eigenvalue weighted by atomic mass is 9.84. The fourth-order valence-corrected chi connectivity index (χ4v) is 3.27. The predicted molar refractivity (Wildman–Crippen MR) is 89.4 cm³/mol. The Morgan fingerprint density at radius 2 is 1.50 bits per heavy atom. The maximum absolute atomic E-state index is 11.9. The van der Waals surface area contributed by atoms with Gasteiger partial charge in [-0.25, -0.2) is 0 Å². The first-order chi connectivity index (χ1) is 13.1. The summed E-state index contributed by atoms with van der Waals surface area (Å²) in [6.45, 7) is 1.05. The van der Waals surface area contributed by atoms with Gasteiger partial charge in [0, 0.05) is 6.42 Å². The average Bonchev–Trinajstić information content (AvgIpc) is 2.67. The molecule has 2 rings (SSSR count). The third-order valence-electron chi connectivity index (χ3n) is 4.99. The first-order valence-electron chi connectivity index (χ1n) is 9.09. The number of carbonyl (C=O) groups excluding carboxylic acids is 1. The summed E-state index contributed by atoms with van der Waals surface area (Å²) in [7, 11) is 0. The van der Waals surface area contributed by atoms with Crippen LogP contribution in [0.5, 0.6) is 0 Å². The minimum absolute atomic E-state index is 0.00161. The van der Waals surface area contributed by atoms with Crippen LogP contribution in [0, 0.1) is 0 Å². The molecule has 0 aromatic carbocycles. The van der Waals surface area contributed by atoms with Gasteiger partial charge in [-0.3, -0.25) is 4.79 Å². The van der Waals surface area contributed by atoms with Gasteiger partial charge in [0.15, 0.2) is 12.4 Å². The van der Waals surface area contributed by atoms with Crippen molar-refractivity contribution >= 4 is 5.97 Å². The van der Waals surface area contributed by atoms with Crippen LogP contribution in [0.1, 0.15) is 19.8 Å². The quantitative estimate of drug-likeness (QED) is 0.194. The number of aliphatic hydroxyl groups is 7. The second kappa shape index (κ2) is 9.71. The van der Waals surface area contributed by atoms with Gasteiger partial charge in [0.2, 0.25) is 0 Å². The molecule has 0 bridgehead atoms. The molecule has 2 aliphatic rings. The molecule has 28 heavy (non-hydrogen) atoms. The van der Waals surface area contributed by atoms with Gasteiger partial charge in [-0.2, -0.15) is 0 Å². The zero-order valence-electron chi connectivity index (χ0n) is 15.3. The molecule has 12 nitrogen and oxygen atoms in total. The van der Waals surface area contributed by atoms with E-state index in [4.69, 9.17) is 19.9 Å². The molecule has 0 radical (unpaired) electrons. The number of hydrogen-bond donors (Lipinski definition) is 8. The molecule has 0 unspecified atom stereocenters. The number of nitrogens with two attached hydrogens (primary N) is 1. The highest BCUT2D eigenvalue weighted by Gasteiger charge is 2.54. The van der Waals surface area contributed by atoms with E-state index in [-0.39, 0.29) is 6.42 Å². The van der Waals surface area contributed by atoms with Crippen molar-refractivity contribution in [2.75, 3.05) is 6.61 Å². The summed E-state index contributed by atoms with van der Waals surface area (Å²) in [5, 5.41) is 69.5. The lowest BCUT2D eigenvalue weighted by Crippen LogP contribution is -2.68. The first-order valence-corrected chi connectivity index (χ1v) is 9.09. The Labute approximate surface area is 161 Å². The van der Waals surface area contributed by atoms with E-state index in [1.165, 1.54) is 0 Å². The van der Waals surface area contributed by atoms with Gasteiger partial charge in [0.1, 0.15) is 48.8 Å². The van der Waals surface area contributed by atoms with E-state index in [9.17, 15) is 40.5 Å². The Morgan fingerprint density at radius 3 is 2.04 bits per heavy atom. The lowest BCUT2D eigenvalue weighted by Gasteiger charge is -2.47. The smallest absolute Gasteiger partial charge is 0.306 e. The summed E-state index contributed by atoms with van der Waals surface area (Å²) in [5.41, 5.74) is 5.78. The number of carbonyl (C=O) groups is 1. The van der Waals surface area contributed by atoms with Crippen LogP contribution in [-0.2, 0) is 19.0 Å². The van der Waals surface area contributed by atoms with Gasteiger partial charge in [-0.15, -0.1) is 0 Å². The van der Waals surface area contributed by atoms with Crippen LogP contribution in [-0.4, -0.2) is 116 Å². The van der Waals surface area contributed by atoms with Gasteiger partial charge < -0.3 is 55.7 Å². The summed E-state index contributed by atoms with van der Waals surface area (Å²) < 4.78 is 15.9. The Morgan fingerprint density at radius 1 is 0.929 bits per heavy atom. The summed E-state index contributed by atoms with van der Waals surface area (Å²) in [4.78, 5) is 11.9. The zero-order chi connectivity index (χ0) is 21.2. The zero-order valence-corrected chi connectivity index (χ0v) is 15.3. The molecule has 0 spiro atoms. The van der Waals surface area contributed by atoms with E-state index in [0.717, 1.165) is 0 Å². The molecule has 1 aliphatic heterocycles. The Hall–Kier alpha value is -0.930. The van der Waals surface area contributed by atoms with Crippen molar-refractivity contribution in [2.45, 2.75) is 87.0 Å². The highest BCUT2D eigenvalue weighted by Crippen LogP contribution is 2.30. The molecule has 12 heteroatoms. The molecular formula is C16H29NO11. The molecule has 0 aromatic heterocycles. The fourth-order valence-electron chi connectivity index (χ4n) is 3.27. The SMILES string of the molecule is CCCC(=O)O[C@H]1[C@H](O)[C@@H](O)[C@@H](O)[C@@H](O)[C@@H]1O[C@H]1O[C@H](CO)[C@@H](O)[C@H](O)[C@H]1N. The Bertz CT molecular complexity index is 521. The van der Waals surface area contributed by atoms with Crippen LogP contribution in [0.25, 0.3) is 0 Å². The van der Waals surface area contributed by atoms with Crippen molar-refractivity contribution in [2.24, 2.45) is 5.73 Å². The van der Waals surface area contributed by atoms with E-state index in [1.807, 2.05) is 0 Å². The van der Waals surface area contributed by atoms with E-state index in [0.29, 0.717) is 6.42 Å². The minimum atomic E-state index is -1.83. The van der Waals surface area contributed by atoms with Gasteiger partial charge in [0.05, 0.1) is 12.6 Å². The fraction of sp³-hybridized carbons (Fsp3) is 0.938. The second-order valence-electron chi connectivity index (χ2n) is 7.05. The number of aliphatic hydroxyl groups excluding tert-OH is 7. The summed E-state index contributed by atoms with van der Waals surface area (Å²) in [6, 6.07) is -1.32. The number of esters is 1. The summed E-state index contributed by atoms with van der Waals surface area (Å²) >= 11 is 0. The molecule has 1 heterocycles. The molecule has 1 aliphatic carbocycles. The van der Waals surface area contributed by atoms with E-state index >= 15 is 0 Å². The van der Waals surface area contributed by atoms with Crippen molar-refractivity contribution in [3.8, 4) is 0 Å². The largest absolute Gasteiger partial charge is 0.457 e. The lowest BCUT2D eigenvalue weighted by molar-refractivity contribution is -0.318. The second-order valence-corrected chi connectivity index (χ2v) is 7.05. The van der Waals surface area contributed by atoms with Crippen molar-refractivity contribution in [1.29, 1.82) is 0 Å². The van der Waals surface area contributed by atoms with Crippen LogP contribution < -0.4 is 5.73 Å². The molecule has 0 amide bonds. The van der Waals surface area contributed by atoms with Gasteiger partial charge in [-0.05, 0) is 6.42 Å². The summed E-state index contributed by atoms with van der Waals surface area (Å²) in [5.74, 6) is -0.728. The third-order valence-corrected chi connectivity index (χ3v) is 4.99. The number of rotatable bonds is 6. The molecular weight excluding hydrogens is 382 g/mol. The van der Waals surface area contributed by atoms with Crippen molar-refractivity contribution in [3.05, 3.63) is 0 Å². The molecule has 11 atom stereocenters. The minimum Gasteiger partial charge on any atom is -0.457 e. The van der Waals surface area contributed by atoms with Gasteiger partial charge in [-0.1, -0.05) is 6.92 Å². The topological polar surface area (TPSA) is 212 Å². The van der Waals surface area contributed by atoms with Crippen LogP contribution in [0.3, 0.4) is 0 Å². The van der Waals surface area contributed by atoms with Crippen molar-refractivity contribution in [3.63, 3.8) is 0 Å². The average molecular weight is 411 g/mol. The van der Waals surface area contributed by atoms with E-state index in [1.54, 1.807) is 6.92 Å². The van der Waals surface area contributed by atoms with E-state index < -0.39 is 79.8 Å². The maximum atomic E-state index is 11.9. The molecule has 164 valence electrons. The van der Waals surface area contributed by atoms with Crippen LogP contribution in [0.4, 0.5) is 0 Å². The van der Waals surface area contributed by atoms with E-state index in [2.05, 4.69) is 0 Å². The van der Waals surface area contributed by atoms with Crippen molar-refractivity contribution in [1.82, 2.24) is 0 Å². The van der Waals surface area contributed by atoms with Gasteiger partial charge in [0.25, 0.3) is 0 Å².